The summed E-state index contributed by atoms with van der Waals surface area (Å²) < 4.78 is 0. The van der Waals surface area contributed by atoms with Crippen molar-refractivity contribution in [2.45, 2.75) is 19.8 Å². The summed E-state index contributed by atoms with van der Waals surface area (Å²) in [6, 6.07) is 8.25. The lowest BCUT2D eigenvalue weighted by Gasteiger charge is -2.32. The molecule has 0 spiro atoms. The Morgan fingerprint density at radius 3 is 2.31 bits per heavy atom. The van der Waals surface area contributed by atoms with Gasteiger partial charge in [0.2, 0.25) is 0 Å². The Kier molecular flexibility index (Phi) is 3.44. The smallest absolute Gasteiger partial charge is 0.103 e. The molecule has 1 aliphatic heterocycles. The number of rotatable bonds is 2. The molecule has 0 aliphatic carbocycles. The maximum absolute atomic E-state index is 5.58. The minimum Gasteiger partial charge on any atom is -0.389 e. The molecule has 1 aliphatic rings. The first-order valence-electron chi connectivity index (χ1n) is 5.81. The number of hydrogen-bond acceptors (Lipinski definition) is 2. The number of nitrogens with two attached hydrogens (primary N) is 1. The zero-order valence-electron chi connectivity index (χ0n) is 9.65. The number of hydrogen-bond donors (Lipinski definition) is 1. The third-order valence-electron chi connectivity index (χ3n) is 3.30. The van der Waals surface area contributed by atoms with Gasteiger partial charge in [0.15, 0.2) is 0 Å². The van der Waals surface area contributed by atoms with Crippen molar-refractivity contribution in [1.82, 2.24) is 0 Å². The second kappa shape index (κ2) is 4.83. The van der Waals surface area contributed by atoms with E-state index in [2.05, 4.69) is 24.0 Å². The van der Waals surface area contributed by atoms with Crippen molar-refractivity contribution >= 4 is 22.9 Å². The monoisotopic (exact) mass is 234 g/mol. The number of thiocarbonyl (C=S) groups is 1. The van der Waals surface area contributed by atoms with Crippen molar-refractivity contribution in [1.29, 1.82) is 0 Å². The van der Waals surface area contributed by atoms with Gasteiger partial charge < -0.3 is 10.6 Å². The number of nitrogens with zero attached hydrogens (tertiary/aromatic N) is 1. The van der Waals surface area contributed by atoms with Crippen LogP contribution in [-0.4, -0.2) is 18.1 Å². The van der Waals surface area contributed by atoms with Crippen LogP contribution in [0.2, 0.25) is 0 Å². The van der Waals surface area contributed by atoms with Gasteiger partial charge in [0, 0.05) is 24.3 Å². The summed E-state index contributed by atoms with van der Waals surface area (Å²) in [6.07, 6.45) is 2.58. The maximum atomic E-state index is 5.58. The summed E-state index contributed by atoms with van der Waals surface area (Å²) in [5.41, 5.74) is 7.81. The molecule has 3 heteroatoms. The van der Waals surface area contributed by atoms with Crippen molar-refractivity contribution in [2.75, 3.05) is 18.0 Å². The van der Waals surface area contributed by atoms with E-state index in [1.165, 1.54) is 18.5 Å². The summed E-state index contributed by atoms with van der Waals surface area (Å²) in [5.74, 6) is 0.868. The molecule has 0 bridgehead atoms. The van der Waals surface area contributed by atoms with E-state index >= 15 is 0 Å². The Balaban J connectivity index is 2.07. The summed E-state index contributed by atoms with van der Waals surface area (Å²) in [4.78, 5) is 2.91. The van der Waals surface area contributed by atoms with Crippen molar-refractivity contribution in [2.24, 2.45) is 11.7 Å². The highest BCUT2D eigenvalue weighted by Crippen LogP contribution is 2.23. The molecular formula is C13H18N2S. The van der Waals surface area contributed by atoms with Crippen LogP contribution in [0.25, 0.3) is 0 Å². The van der Waals surface area contributed by atoms with E-state index < -0.39 is 0 Å². The highest BCUT2D eigenvalue weighted by molar-refractivity contribution is 7.80. The summed E-state index contributed by atoms with van der Waals surface area (Å²) in [6.45, 7) is 4.65. The fourth-order valence-electron chi connectivity index (χ4n) is 2.10. The summed E-state index contributed by atoms with van der Waals surface area (Å²) in [5, 5.41) is 0. The fourth-order valence-corrected chi connectivity index (χ4v) is 2.24. The standard InChI is InChI=1S/C13H18N2S/c1-10-6-8-15(9-7-10)12-4-2-11(3-5-12)13(14)16/h2-5,10H,6-9H2,1H3,(H2,14,16). The van der Waals surface area contributed by atoms with Crippen LogP contribution in [0.3, 0.4) is 0 Å². The van der Waals surface area contributed by atoms with Gasteiger partial charge in [0.1, 0.15) is 4.99 Å². The molecule has 1 aromatic carbocycles. The average molecular weight is 234 g/mol. The number of anilines is 1. The molecule has 2 nitrogen and oxygen atoms in total. The summed E-state index contributed by atoms with van der Waals surface area (Å²) >= 11 is 4.94. The lowest BCUT2D eigenvalue weighted by atomic mass is 9.99. The summed E-state index contributed by atoms with van der Waals surface area (Å²) in [7, 11) is 0. The van der Waals surface area contributed by atoms with E-state index in [9.17, 15) is 0 Å². The van der Waals surface area contributed by atoms with Crippen LogP contribution in [0.1, 0.15) is 25.3 Å². The van der Waals surface area contributed by atoms with Crippen LogP contribution in [0.15, 0.2) is 24.3 Å². The Labute approximate surface area is 102 Å². The van der Waals surface area contributed by atoms with E-state index in [1.54, 1.807) is 0 Å². The SMILES string of the molecule is CC1CCN(c2ccc(C(N)=S)cc2)CC1. The van der Waals surface area contributed by atoms with Crippen LogP contribution < -0.4 is 10.6 Å². The third kappa shape index (κ3) is 2.53. The molecule has 1 heterocycles. The van der Waals surface area contributed by atoms with Gasteiger partial charge in [-0.1, -0.05) is 19.1 Å². The molecule has 0 radical (unpaired) electrons. The van der Waals surface area contributed by atoms with Gasteiger partial charge >= 0.3 is 0 Å². The van der Waals surface area contributed by atoms with Crippen molar-refractivity contribution in [3.8, 4) is 0 Å². The second-order valence-corrected chi connectivity index (χ2v) is 5.02. The maximum Gasteiger partial charge on any atom is 0.103 e. The molecular weight excluding hydrogens is 216 g/mol. The van der Waals surface area contributed by atoms with Gasteiger partial charge in [-0.05, 0) is 43.0 Å². The quantitative estimate of drug-likeness (QED) is 0.797. The first kappa shape index (κ1) is 11.4. The van der Waals surface area contributed by atoms with Crippen molar-refractivity contribution in [3.63, 3.8) is 0 Å². The van der Waals surface area contributed by atoms with E-state index in [4.69, 9.17) is 18.0 Å². The molecule has 0 aromatic heterocycles. The first-order valence-corrected chi connectivity index (χ1v) is 6.22. The van der Waals surface area contributed by atoms with E-state index in [1.807, 2.05) is 12.1 Å². The lowest BCUT2D eigenvalue weighted by molar-refractivity contribution is 0.438. The molecule has 1 aromatic rings. The van der Waals surface area contributed by atoms with Gasteiger partial charge in [-0.25, -0.2) is 0 Å². The highest BCUT2D eigenvalue weighted by Gasteiger charge is 2.15. The highest BCUT2D eigenvalue weighted by atomic mass is 32.1. The van der Waals surface area contributed by atoms with Crippen LogP contribution in [0, 0.1) is 5.92 Å². The Morgan fingerprint density at radius 2 is 1.81 bits per heavy atom. The average Bonchev–Trinajstić information content (AvgIpc) is 2.30. The molecule has 16 heavy (non-hydrogen) atoms. The minimum atomic E-state index is 0.471. The minimum absolute atomic E-state index is 0.471. The predicted molar refractivity (Wildman–Crippen MR) is 72.9 cm³/mol. The molecule has 0 saturated carbocycles. The second-order valence-electron chi connectivity index (χ2n) is 4.58. The van der Waals surface area contributed by atoms with Gasteiger partial charge in [-0.15, -0.1) is 0 Å². The third-order valence-corrected chi connectivity index (χ3v) is 3.54. The molecule has 0 atom stereocenters. The predicted octanol–water partition coefficient (Wildman–Crippen LogP) is 2.56. The molecule has 2 rings (SSSR count). The van der Waals surface area contributed by atoms with Crippen LogP contribution in [0.4, 0.5) is 5.69 Å². The number of piperidine rings is 1. The zero-order valence-corrected chi connectivity index (χ0v) is 10.5. The van der Waals surface area contributed by atoms with Crippen LogP contribution in [0.5, 0.6) is 0 Å². The van der Waals surface area contributed by atoms with Crippen LogP contribution >= 0.6 is 12.2 Å². The fraction of sp³-hybridized carbons (Fsp3) is 0.462. The van der Waals surface area contributed by atoms with Gasteiger partial charge in [0.05, 0.1) is 0 Å². The Hall–Kier alpha value is -1.09. The normalized spacial score (nSPS) is 17.4. The molecule has 0 amide bonds. The zero-order chi connectivity index (χ0) is 11.5. The topological polar surface area (TPSA) is 29.3 Å². The molecule has 0 unspecified atom stereocenters. The molecule has 1 saturated heterocycles. The molecule has 2 N–H and O–H groups in total. The van der Waals surface area contributed by atoms with E-state index in [0.29, 0.717) is 4.99 Å². The molecule has 1 fully saturated rings. The Morgan fingerprint density at radius 1 is 1.25 bits per heavy atom. The van der Waals surface area contributed by atoms with Gasteiger partial charge in [0.25, 0.3) is 0 Å². The van der Waals surface area contributed by atoms with Crippen molar-refractivity contribution in [3.05, 3.63) is 29.8 Å². The first-order chi connectivity index (χ1) is 7.66. The lowest BCUT2D eigenvalue weighted by Crippen LogP contribution is -2.32. The van der Waals surface area contributed by atoms with Crippen molar-refractivity contribution < 1.29 is 0 Å². The van der Waals surface area contributed by atoms with E-state index in [-0.39, 0.29) is 0 Å². The largest absolute Gasteiger partial charge is 0.389 e. The van der Waals surface area contributed by atoms with Gasteiger partial charge in [-0.2, -0.15) is 0 Å². The number of benzene rings is 1. The molecule has 86 valence electrons. The van der Waals surface area contributed by atoms with E-state index in [0.717, 1.165) is 24.6 Å². The Bertz CT molecular complexity index is 364. The van der Waals surface area contributed by atoms with Gasteiger partial charge in [-0.3, -0.25) is 0 Å². The van der Waals surface area contributed by atoms with Crippen LogP contribution in [-0.2, 0) is 0 Å².